The quantitative estimate of drug-likeness (QED) is 0.483. The Morgan fingerprint density at radius 2 is 2.20 bits per heavy atom. The molecule has 1 saturated heterocycles. The van der Waals surface area contributed by atoms with Gasteiger partial charge in [-0.05, 0) is 44.0 Å². The van der Waals surface area contributed by atoms with Crippen LogP contribution < -0.4 is 11.3 Å². The molecule has 5 heteroatoms. The van der Waals surface area contributed by atoms with Crippen LogP contribution in [-0.4, -0.2) is 36.6 Å². The maximum atomic E-state index is 11.4. The standard InChI is InChI=1S/C15H23N3O2/c1-2-20-14-4-3-9-18(11-14)10-12-5-7-13(8-6-12)15(19)17-16/h5-8,14H,2-4,9-11,16H2,1H3,(H,17,19). The zero-order valence-corrected chi connectivity index (χ0v) is 12.0. The third-order valence-electron chi connectivity index (χ3n) is 3.62. The van der Waals surface area contributed by atoms with Crippen LogP contribution in [0.25, 0.3) is 0 Å². The first-order valence-electron chi connectivity index (χ1n) is 7.16. The van der Waals surface area contributed by atoms with Crippen LogP contribution in [0.3, 0.4) is 0 Å². The highest BCUT2D eigenvalue weighted by molar-refractivity contribution is 5.93. The minimum absolute atomic E-state index is 0.258. The number of rotatable bonds is 5. The fourth-order valence-corrected chi connectivity index (χ4v) is 2.63. The van der Waals surface area contributed by atoms with E-state index in [-0.39, 0.29) is 5.91 Å². The lowest BCUT2D eigenvalue weighted by Crippen LogP contribution is -2.39. The number of hydrazine groups is 1. The molecule has 1 aliphatic rings. The first kappa shape index (κ1) is 15.0. The summed E-state index contributed by atoms with van der Waals surface area (Å²) in [6.45, 7) is 5.81. The van der Waals surface area contributed by atoms with Gasteiger partial charge in [-0.3, -0.25) is 15.1 Å². The molecule has 110 valence electrons. The Bertz CT molecular complexity index is 431. The van der Waals surface area contributed by atoms with Crippen molar-refractivity contribution in [1.29, 1.82) is 0 Å². The second kappa shape index (κ2) is 7.38. The van der Waals surface area contributed by atoms with Crippen molar-refractivity contribution < 1.29 is 9.53 Å². The Kier molecular flexibility index (Phi) is 5.52. The van der Waals surface area contributed by atoms with Gasteiger partial charge in [-0.15, -0.1) is 0 Å². The number of hydrogen-bond acceptors (Lipinski definition) is 4. The normalized spacial score (nSPS) is 19.8. The molecule has 0 bridgehead atoms. The van der Waals surface area contributed by atoms with Gasteiger partial charge in [0.25, 0.3) is 5.91 Å². The highest BCUT2D eigenvalue weighted by Gasteiger charge is 2.19. The van der Waals surface area contributed by atoms with E-state index in [1.54, 1.807) is 0 Å². The van der Waals surface area contributed by atoms with Gasteiger partial charge in [-0.25, -0.2) is 5.84 Å². The molecular weight excluding hydrogens is 254 g/mol. The van der Waals surface area contributed by atoms with Crippen molar-refractivity contribution in [3.63, 3.8) is 0 Å². The molecular formula is C15H23N3O2. The van der Waals surface area contributed by atoms with Crippen molar-refractivity contribution in [3.8, 4) is 0 Å². The molecule has 1 amide bonds. The third-order valence-corrected chi connectivity index (χ3v) is 3.62. The van der Waals surface area contributed by atoms with Crippen molar-refractivity contribution in [2.45, 2.75) is 32.4 Å². The van der Waals surface area contributed by atoms with Gasteiger partial charge in [0.15, 0.2) is 0 Å². The van der Waals surface area contributed by atoms with Gasteiger partial charge >= 0.3 is 0 Å². The Hall–Kier alpha value is -1.43. The van der Waals surface area contributed by atoms with Gasteiger partial charge in [-0.2, -0.15) is 0 Å². The van der Waals surface area contributed by atoms with E-state index >= 15 is 0 Å². The Labute approximate surface area is 120 Å². The van der Waals surface area contributed by atoms with Crippen LogP contribution in [0.5, 0.6) is 0 Å². The topological polar surface area (TPSA) is 67.6 Å². The second-order valence-corrected chi connectivity index (χ2v) is 5.13. The first-order chi connectivity index (χ1) is 9.72. The van der Waals surface area contributed by atoms with E-state index in [1.165, 1.54) is 12.0 Å². The minimum Gasteiger partial charge on any atom is -0.377 e. The lowest BCUT2D eigenvalue weighted by molar-refractivity contribution is 0.00363. The monoisotopic (exact) mass is 277 g/mol. The number of ether oxygens (including phenoxy) is 1. The molecule has 1 aromatic carbocycles. The second-order valence-electron chi connectivity index (χ2n) is 5.13. The van der Waals surface area contributed by atoms with Gasteiger partial charge in [0.2, 0.25) is 0 Å². The SMILES string of the molecule is CCOC1CCCN(Cc2ccc(C(=O)NN)cc2)C1. The van der Waals surface area contributed by atoms with Crippen molar-refractivity contribution in [1.82, 2.24) is 10.3 Å². The number of carbonyl (C=O) groups excluding carboxylic acids is 1. The van der Waals surface area contributed by atoms with Gasteiger partial charge in [0.1, 0.15) is 0 Å². The number of benzene rings is 1. The average Bonchev–Trinajstić information content (AvgIpc) is 2.48. The lowest BCUT2D eigenvalue weighted by atomic mass is 10.1. The number of nitrogens with zero attached hydrogens (tertiary/aromatic N) is 1. The zero-order chi connectivity index (χ0) is 14.4. The number of nitrogens with two attached hydrogens (primary N) is 1. The number of nitrogens with one attached hydrogen (secondary N) is 1. The van der Waals surface area contributed by atoms with E-state index < -0.39 is 0 Å². The molecule has 1 fully saturated rings. The van der Waals surface area contributed by atoms with Crippen LogP contribution in [0.15, 0.2) is 24.3 Å². The number of amides is 1. The molecule has 1 aromatic rings. The predicted octanol–water partition coefficient (Wildman–Crippen LogP) is 1.29. The number of carbonyl (C=O) groups is 1. The van der Waals surface area contributed by atoms with E-state index in [2.05, 4.69) is 10.3 Å². The lowest BCUT2D eigenvalue weighted by Gasteiger charge is -2.32. The van der Waals surface area contributed by atoms with Crippen LogP contribution in [0.2, 0.25) is 0 Å². The van der Waals surface area contributed by atoms with E-state index in [4.69, 9.17) is 10.6 Å². The summed E-state index contributed by atoms with van der Waals surface area (Å²) in [4.78, 5) is 13.8. The molecule has 20 heavy (non-hydrogen) atoms. The molecule has 5 nitrogen and oxygen atoms in total. The van der Waals surface area contributed by atoms with E-state index in [9.17, 15) is 4.79 Å². The van der Waals surface area contributed by atoms with Crippen molar-refractivity contribution in [3.05, 3.63) is 35.4 Å². The Balaban J connectivity index is 1.91. The summed E-state index contributed by atoms with van der Waals surface area (Å²) in [7, 11) is 0. The van der Waals surface area contributed by atoms with Gasteiger partial charge in [-0.1, -0.05) is 12.1 Å². The Morgan fingerprint density at radius 1 is 1.45 bits per heavy atom. The molecule has 3 N–H and O–H groups in total. The summed E-state index contributed by atoms with van der Waals surface area (Å²) in [6, 6.07) is 7.58. The molecule has 1 atom stereocenters. The Morgan fingerprint density at radius 3 is 2.85 bits per heavy atom. The summed E-state index contributed by atoms with van der Waals surface area (Å²) < 4.78 is 5.71. The maximum absolute atomic E-state index is 11.4. The van der Waals surface area contributed by atoms with Gasteiger partial charge in [0, 0.05) is 25.3 Å². The third kappa shape index (κ3) is 4.03. The number of likely N-dealkylation sites (tertiary alicyclic amines) is 1. The smallest absolute Gasteiger partial charge is 0.265 e. The van der Waals surface area contributed by atoms with E-state index in [1.807, 2.05) is 31.2 Å². The molecule has 0 spiro atoms. The van der Waals surface area contributed by atoms with Crippen molar-refractivity contribution in [2.75, 3.05) is 19.7 Å². The van der Waals surface area contributed by atoms with E-state index in [0.29, 0.717) is 11.7 Å². The molecule has 2 rings (SSSR count). The number of nitrogen functional groups attached to an aromatic ring is 1. The van der Waals surface area contributed by atoms with Gasteiger partial charge in [0.05, 0.1) is 6.10 Å². The van der Waals surface area contributed by atoms with Gasteiger partial charge < -0.3 is 4.74 Å². The fraction of sp³-hybridized carbons (Fsp3) is 0.533. The minimum atomic E-state index is -0.258. The maximum Gasteiger partial charge on any atom is 0.265 e. The highest BCUT2D eigenvalue weighted by atomic mass is 16.5. The predicted molar refractivity (Wildman–Crippen MR) is 78.0 cm³/mol. The van der Waals surface area contributed by atoms with E-state index in [0.717, 1.165) is 32.7 Å². The van der Waals surface area contributed by atoms with Crippen molar-refractivity contribution >= 4 is 5.91 Å². The summed E-state index contributed by atoms with van der Waals surface area (Å²) in [5.74, 6) is 4.86. The molecule has 0 aromatic heterocycles. The average molecular weight is 277 g/mol. The zero-order valence-electron chi connectivity index (χ0n) is 12.0. The molecule has 1 unspecified atom stereocenters. The summed E-state index contributed by atoms with van der Waals surface area (Å²) in [6.07, 6.45) is 2.69. The molecule has 0 aliphatic carbocycles. The molecule has 0 radical (unpaired) electrons. The largest absolute Gasteiger partial charge is 0.377 e. The molecule has 1 heterocycles. The summed E-state index contributed by atoms with van der Waals surface area (Å²) >= 11 is 0. The number of piperidine rings is 1. The van der Waals surface area contributed by atoms with Crippen LogP contribution in [0.1, 0.15) is 35.7 Å². The van der Waals surface area contributed by atoms with Crippen LogP contribution >= 0.6 is 0 Å². The van der Waals surface area contributed by atoms with Crippen LogP contribution in [-0.2, 0) is 11.3 Å². The summed E-state index contributed by atoms with van der Waals surface area (Å²) in [5, 5.41) is 0. The molecule has 0 saturated carbocycles. The highest BCUT2D eigenvalue weighted by Crippen LogP contribution is 2.16. The fourth-order valence-electron chi connectivity index (χ4n) is 2.63. The number of hydrogen-bond donors (Lipinski definition) is 2. The van der Waals surface area contributed by atoms with Crippen LogP contribution in [0.4, 0.5) is 0 Å². The summed E-state index contributed by atoms with van der Waals surface area (Å²) in [5.41, 5.74) is 3.93. The van der Waals surface area contributed by atoms with Crippen molar-refractivity contribution in [2.24, 2.45) is 5.84 Å². The first-order valence-corrected chi connectivity index (χ1v) is 7.16. The van der Waals surface area contributed by atoms with Crippen LogP contribution in [0, 0.1) is 0 Å². The molecule has 1 aliphatic heterocycles.